The number of aryl methyl sites for hydroxylation is 1. The molecule has 2 rings (SSSR count). The van der Waals surface area contributed by atoms with Crippen molar-refractivity contribution in [2.75, 3.05) is 5.32 Å². The predicted octanol–water partition coefficient (Wildman–Crippen LogP) is 3.88. The van der Waals surface area contributed by atoms with Crippen LogP contribution >= 0.6 is 0 Å². The van der Waals surface area contributed by atoms with Crippen molar-refractivity contribution in [3.8, 4) is 5.75 Å². The Bertz CT molecular complexity index is 564. The lowest BCUT2D eigenvalue weighted by Crippen LogP contribution is -2.17. The SMILES string of the molecule is CC(CCc1ccc(O)cc1)Nc1ccccc1C(C)O. The zero-order valence-corrected chi connectivity index (χ0v) is 12.6. The third-order valence-corrected chi connectivity index (χ3v) is 3.62. The molecule has 0 aliphatic heterocycles. The highest BCUT2D eigenvalue weighted by molar-refractivity contribution is 5.52. The van der Waals surface area contributed by atoms with E-state index in [0.29, 0.717) is 11.8 Å². The van der Waals surface area contributed by atoms with Crippen molar-refractivity contribution in [2.45, 2.75) is 38.8 Å². The predicted molar refractivity (Wildman–Crippen MR) is 86.6 cm³/mol. The van der Waals surface area contributed by atoms with Crippen LogP contribution in [-0.4, -0.2) is 16.3 Å². The molecule has 0 spiro atoms. The van der Waals surface area contributed by atoms with Crippen LogP contribution in [-0.2, 0) is 6.42 Å². The van der Waals surface area contributed by atoms with Crippen LogP contribution in [0.25, 0.3) is 0 Å². The number of hydrogen-bond acceptors (Lipinski definition) is 3. The van der Waals surface area contributed by atoms with E-state index in [4.69, 9.17) is 0 Å². The summed E-state index contributed by atoms with van der Waals surface area (Å²) in [5.41, 5.74) is 3.13. The summed E-state index contributed by atoms with van der Waals surface area (Å²) in [6.07, 6.45) is 1.46. The number of anilines is 1. The Morgan fingerprint density at radius 2 is 1.67 bits per heavy atom. The van der Waals surface area contributed by atoms with Crippen LogP contribution in [0.3, 0.4) is 0 Å². The summed E-state index contributed by atoms with van der Waals surface area (Å²) < 4.78 is 0. The van der Waals surface area contributed by atoms with E-state index in [1.54, 1.807) is 19.1 Å². The fourth-order valence-electron chi connectivity index (χ4n) is 2.38. The van der Waals surface area contributed by atoms with E-state index >= 15 is 0 Å². The number of phenols is 1. The van der Waals surface area contributed by atoms with E-state index in [1.807, 2.05) is 36.4 Å². The van der Waals surface area contributed by atoms with Crippen LogP contribution < -0.4 is 5.32 Å². The van der Waals surface area contributed by atoms with Gasteiger partial charge < -0.3 is 15.5 Å². The van der Waals surface area contributed by atoms with Gasteiger partial charge in [0.05, 0.1) is 6.10 Å². The number of aliphatic hydroxyl groups excluding tert-OH is 1. The van der Waals surface area contributed by atoms with Gasteiger partial charge in [-0.25, -0.2) is 0 Å². The van der Waals surface area contributed by atoms with Crippen molar-refractivity contribution >= 4 is 5.69 Å². The topological polar surface area (TPSA) is 52.5 Å². The lowest BCUT2D eigenvalue weighted by atomic mass is 10.0. The van der Waals surface area contributed by atoms with Gasteiger partial charge in [0.25, 0.3) is 0 Å². The Morgan fingerprint density at radius 1 is 1.00 bits per heavy atom. The molecule has 21 heavy (non-hydrogen) atoms. The number of phenolic OH excluding ortho intramolecular Hbond substituents is 1. The second kappa shape index (κ2) is 7.14. The highest BCUT2D eigenvalue weighted by Gasteiger charge is 2.09. The van der Waals surface area contributed by atoms with Gasteiger partial charge in [-0.05, 0) is 50.5 Å². The molecule has 0 radical (unpaired) electrons. The van der Waals surface area contributed by atoms with E-state index in [2.05, 4.69) is 12.2 Å². The molecule has 0 heterocycles. The summed E-state index contributed by atoms with van der Waals surface area (Å²) in [7, 11) is 0. The summed E-state index contributed by atoms with van der Waals surface area (Å²) in [5.74, 6) is 0.302. The van der Waals surface area contributed by atoms with E-state index in [1.165, 1.54) is 5.56 Å². The van der Waals surface area contributed by atoms with Crippen LogP contribution in [0.5, 0.6) is 5.75 Å². The fourth-order valence-corrected chi connectivity index (χ4v) is 2.38. The first-order chi connectivity index (χ1) is 10.1. The minimum atomic E-state index is -0.474. The summed E-state index contributed by atoms with van der Waals surface area (Å²) in [6.45, 7) is 3.92. The molecule has 0 aliphatic rings. The average molecular weight is 285 g/mol. The summed E-state index contributed by atoms with van der Waals surface area (Å²) in [5, 5.41) is 22.5. The van der Waals surface area contributed by atoms with Crippen LogP contribution in [0.15, 0.2) is 48.5 Å². The standard InChI is InChI=1S/C18H23NO2/c1-13(7-8-15-9-11-16(21)12-10-15)19-18-6-4-3-5-17(18)14(2)20/h3-6,9-14,19-21H,7-8H2,1-2H3. The second-order valence-electron chi connectivity index (χ2n) is 5.51. The normalized spacial score (nSPS) is 13.7. The van der Waals surface area contributed by atoms with Crippen molar-refractivity contribution in [1.29, 1.82) is 0 Å². The van der Waals surface area contributed by atoms with Crippen molar-refractivity contribution in [3.05, 3.63) is 59.7 Å². The number of para-hydroxylation sites is 1. The lowest BCUT2D eigenvalue weighted by molar-refractivity contribution is 0.200. The Balaban J connectivity index is 1.93. The number of nitrogens with one attached hydrogen (secondary N) is 1. The van der Waals surface area contributed by atoms with Crippen molar-refractivity contribution in [1.82, 2.24) is 0 Å². The zero-order valence-electron chi connectivity index (χ0n) is 12.6. The molecule has 2 unspecified atom stereocenters. The molecule has 0 saturated carbocycles. The average Bonchev–Trinajstić information content (AvgIpc) is 2.47. The van der Waals surface area contributed by atoms with E-state index in [0.717, 1.165) is 24.1 Å². The van der Waals surface area contributed by atoms with E-state index in [-0.39, 0.29) is 0 Å². The van der Waals surface area contributed by atoms with E-state index in [9.17, 15) is 10.2 Å². The number of benzene rings is 2. The van der Waals surface area contributed by atoms with Gasteiger partial charge in [0.15, 0.2) is 0 Å². The number of aliphatic hydroxyl groups is 1. The molecule has 3 heteroatoms. The Hall–Kier alpha value is -2.00. The molecule has 0 saturated heterocycles. The molecule has 112 valence electrons. The molecule has 0 fully saturated rings. The fraction of sp³-hybridized carbons (Fsp3) is 0.333. The zero-order chi connectivity index (χ0) is 15.2. The monoisotopic (exact) mass is 285 g/mol. The maximum absolute atomic E-state index is 9.79. The van der Waals surface area contributed by atoms with Gasteiger partial charge in [-0.3, -0.25) is 0 Å². The minimum absolute atomic E-state index is 0.302. The Kier molecular flexibility index (Phi) is 5.23. The van der Waals surface area contributed by atoms with Crippen LogP contribution in [0, 0.1) is 0 Å². The number of hydrogen-bond donors (Lipinski definition) is 3. The molecular weight excluding hydrogens is 262 g/mol. The second-order valence-corrected chi connectivity index (χ2v) is 5.51. The van der Waals surface area contributed by atoms with Gasteiger partial charge in [0.1, 0.15) is 5.75 Å². The molecule has 0 amide bonds. The molecule has 2 aromatic carbocycles. The van der Waals surface area contributed by atoms with Crippen molar-refractivity contribution < 1.29 is 10.2 Å². The van der Waals surface area contributed by atoms with E-state index < -0.39 is 6.10 Å². The Morgan fingerprint density at radius 3 is 2.33 bits per heavy atom. The third-order valence-electron chi connectivity index (χ3n) is 3.62. The molecule has 0 aliphatic carbocycles. The molecule has 0 bridgehead atoms. The minimum Gasteiger partial charge on any atom is -0.508 e. The van der Waals surface area contributed by atoms with Gasteiger partial charge in [-0.1, -0.05) is 30.3 Å². The maximum Gasteiger partial charge on any atom is 0.115 e. The first-order valence-electron chi connectivity index (χ1n) is 7.37. The first kappa shape index (κ1) is 15.4. The molecule has 2 atom stereocenters. The van der Waals surface area contributed by atoms with Gasteiger partial charge in [-0.2, -0.15) is 0 Å². The number of aromatic hydroxyl groups is 1. The van der Waals surface area contributed by atoms with Crippen LogP contribution in [0.4, 0.5) is 5.69 Å². The first-order valence-corrected chi connectivity index (χ1v) is 7.37. The lowest BCUT2D eigenvalue weighted by Gasteiger charge is -2.19. The van der Waals surface area contributed by atoms with Gasteiger partial charge in [-0.15, -0.1) is 0 Å². The molecule has 3 N–H and O–H groups in total. The highest BCUT2D eigenvalue weighted by atomic mass is 16.3. The quantitative estimate of drug-likeness (QED) is 0.755. The third kappa shape index (κ3) is 4.50. The largest absolute Gasteiger partial charge is 0.508 e. The van der Waals surface area contributed by atoms with Crippen LogP contribution in [0.2, 0.25) is 0 Å². The molecule has 3 nitrogen and oxygen atoms in total. The van der Waals surface area contributed by atoms with Crippen molar-refractivity contribution in [3.63, 3.8) is 0 Å². The summed E-state index contributed by atoms with van der Waals surface area (Å²) in [6, 6.07) is 15.5. The Labute approximate surface area is 126 Å². The molecule has 0 aromatic heterocycles. The van der Waals surface area contributed by atoms with Gasteiger partial charge in [0, 0.05) is 17.3 Å². The van der Waals surface area contributed by atoms with Gasteiger partial charge >= 0.3 is 0 Å². The molecular formula is C18H23NO2. The molecule has 2 aromatic rings. The smallest absolute Gasteiger partial charge is 0.115 e. The van der Waals surface area contributed by atoms with Crippen molar-refractivity contribution in [2.24, 2.45) is 0 Å². The number of rotatable bonds is 6. The highest BCUT2D eigenvalue weighted by Crippen LogP contribution is 2.23. The van der Waals surface area contributed by atoms with Gasteiger partial charge in [0.2, 0.25) is 0 Å². The van der Waals surface area contributed by atoms with Crippen LogP contribution in [0.1, 0.15) is 37.5 Å². The summed E-state index contributed by atoms with van der Waals surface area (Å²) >= 11 is 0. The maximum atomic E-state index is 9.79. The summed E-state index contributed by atoms with van der Waals surface area (Å²) in [4.78, 5) is 0.